The molecule has 4 rings (SSSR count). The molecule has 6 nitrogen and oxygen atoms in total. The van der Waals surface area contributed by atoms with Crippen molar-refractivity contribution in [3.63, 3.8) is 0 Å². The molecule has 0 aliphatic rings. The van der Waals surface area contributed by atoms with Crippen LogP contribution in [0.15, 0.2) is 60.9 Å². The molecule has 0 saturated carbocycles. The maximum atomic E-state index is 10.3. The second-order valence-electron chi connectivity index (χ2n) is 7.42. The molecule has 4 aromatic rings. The smallest absolute Gasteiger partial charge is 0.162 e. The van der Waals surface area contributed by atoms with Gasteiger partial charge in [0.1, 0.15) is 11.4 Å². The lowest BCUT2D eigenvalue weighted by molar-refractivity contribution is 0.477. The van der Waals surface area contributed by atoms with E-state index in [1.807, 2.05) is 44.2 Å². The van der Waals surface area contributed by atoms with E-state index in [4.69, 9.17) is 11.6 Å². The number of anilines is 2. The average Bonchev–Trinajstić information content (AvgIpc) is 2.75. The molecule has 2 aromatic heterocycles. The molecule has 0 bridgehead atoms. The van der Waals surface area contributed by atoms with E-state index in [1.165, 1.54) is 6.07 Å². The maximum Gasteiger partial charge on any atom is 0.162 e. The second-order valence-corrected chi connectivity index (χ2v) is 7.86. The van der Waals surface area contributed by atoms with Crippen LogP contribution in [-0.2, 0) is 5.41 Å². The van der Waals surface area contributed by atoms with Crippen LogP contribution in [0.2, 0.25) is 5.02 Å². The summed E-state index contributed by atoms with van der Waals surface area (Å²) in [5, 5.41) is 33.6. The predicted molar refractivity (Wildman–Crippen MR) is 118 cm³/mol. The second kappa shape index (κ2) is 7.62. The van der Waals surface area contributed by atoms with Crippen LogP contribution in [0.5, 0.6) is 5.75 Å². The number of aromatic hydroxyl groups is 1. The molecule has 0 aliphatic heterocycles. The Morgan fingerprint density at radius 3 is 2.50 bits per heavy atom. The van der Waals surface area contributed by atoms with Crippen molar-refractivity contribution in [1.29, 1.82) is 5.26 Å². The van der Waals surface area contributed by atoms with Gasteiger partial charge in [0, 0.05) is 39.4 Å². The van der Waals surface area contributed by atoms with Gasteiger partial charge in [-0.15, -0.1) is 10.2 Å². The molecule has 30 heavy (non-hydrogen) atoms. The molecule has 0 unspecified atom stereocenters. The van der Waals surface area contributed by atoms with Gasteiger partial charge in [0.05, 0.1) is 11.5 Å². The normalized spacial score (nSPS) is 11.3. The molecule has 2 N–H and O–H groups in total. The van der Waals surface area contributed by atoms with Gasteiger partial charge < -0.3 is 10.4 Å². The van der Waals surface area contributed by atoms with Crippen molar-refractivity contribution in [2.24, 2.45) is 0 Å². The third kappa shape index (κ3) is 3.63. The Hall–Kier alpha value is -3.69. The SMILES string of the molecule is CC(C)(C#N)c1ccc(Nc2nnc(-c3ccc(Cl)cc3O)c3ccncc23)cc1. The molecule has 7 heteroatoms. The largest absolute Gasteiger partial charge is 0.507 e. The number of benzene rings is 2. The number of phenols is 1. The van der Waals surface area contributed by atoms with Crippen LogP contribution in [0, 0.1) is 11.3 Å². The van der Waals surface area contributed by atoms with Crippen LogP contribution in [0.25, 0.3) is 22.0 Å². The third-order valence-corrected chi connectivity index (χ3v) is 5.18. The highest BCUT2D eigenvalue weighted by Gasteiger charge is 2.19. The van der Waals surface area contributed by atoms with E-state index in [-0.39, 0.29) is 5.75 Å². The molecule has 0 aliphatic carbocycles. The molecule has 0 atom stereocenters. The molecular weight excluding hydrogens is 398 g/mol. The van der Waals surface area contributed by atoms with Crippen molar-refractivity contribution < 1.29 is 5.11 Å². The van der Waals surface area contributed by atoms with Crippen molar-refractivity contribution in [1.82, 2.24) is 15.2 Å². The van der Waals surface area contributed by atoms with E-state index in [2.05, 4.69) is 26.6 Å². The number of hydrogen-bond donors (Lipinski definition) is 2. The van der Waals surface area contributed by atoms with E-state index in [9.17, 15) is 10.4 Å². The average molecular weight is 416 g/mol. The minimum Gasteiger partial charge on any atom is -0.507 e. The van der Waals surface area contributed by atoms with Crippen molar-refractivity contribution in [3.05, 3.63) is 71.5 Å². The highest BCUT2D eigenvalue weighted by atomic mass is 35.5. The van der Waals surface area contributed by atoms with Crippen LogP contribution >= 0.6 is 11.6 Å². The number of halogens is 1. The Bertz CT molecular complexity index is 1280. The monoisotopic (exact) mass is 415 g/mol. The Kier molecular flexibility index (Phi) is 4.98. The summed E-state index contributed by atoms with van der Waals surface area (Å²) >= 11 is 5.95. The summed E-state index contributed by atoms with van der Waals surface area (Å²) in [5.41, 5.74) is 2.27. The standard InChI is InChI=1S/C23H18ClN5O/c1-23(2,13-25)14-3-6-16(7-4-14)27-22-19-12-26-10-9-17(19)21(28-29-22)18-8-5-15(24)11-20(18)30/h3-12,30H,1-2H3,(H,27,29). The minimum atomic E-state index is -0.558. The number of pyridine rings is 1. The van der Waals surface area contributed by atoms with Gasteiger partial charge in [0.25, 0.3) is 0 Å². The van der Waals surface area contributed by atoms with Gasteiger partial charge in [-0.3, -0.25) is 4.98 Å². The molecule has 2 heterocycles. The van der Waals surface area contributed by atoms with Gasteiger partial charge in [-0.25, -0.2) is 0 Å². The lowest BCUT2D eigenvalue weighted by atomic mass is 9.86. The van der Waals surface area contributed by atoms with E-state index in [1.54, 1.807) is 24.5 Å². The first kappa shape index (κ1) is 19.6. The number of nitrogens with one attached hydrogen (secondary N) is 1. The van der Waals surface area contributed by atoms with Gasteiger partial charge in [0.15, 0.2) is 5.82 Å². The number of phenolic OH excluding ortho intramolecular Hbond substituents is 1. The van der Waals surface area contributed by atoms with Crippen LogP contribution in [0.4, 0.5) is 11.5 Å². The predicted octanol–water partition coefficient (Wildman–Crippen LogP) is 5.60. The molecule has 0 radical (unpaired) electrons. The summed E-state index contributed by atoms with van der Waals surface area (Å²) in [5.74, 6) is 0.578. The van der Waals surface area contributed by atoms with Crippen molar-refractivity contribution >= 4 is 33.9 Å². The highest BCUT2D eigenvalue weighted by Crippen LogP contribution is 2.36. The summed E-state index contributed by atoms with van der Waals surface area (Å²) in [7, 11) is 0. The van der Waals surface area contributed by atoms with Gasteiger partial charge in [-0.05, 0) is 55.8 Å². The first-order valence-electron chi connectivity index (χ1n) is 9.27. The third-order valence-electron chi connectivity index (χ3n) is 4.95. The molecule has 0 amide bonds. The quantitative estimate of drug-likeness (QED) is 0.450. The summed E-state index contributed by atoms with van der Waals surface area (Å²) < 4.78 is 0. The van der Waals surface area contributed by atoms with Crippen LogP contribution in [0.3, 0.4) is 0 Å². The molecule has 0 spiro atoms. The van der Waals surface area contributed by atoms with Gasteiger partial charge in [-0.2, -0.15) is 5.26 Å². The van der Waals surface area contributed by atoms with E-state index in [0.717, 1.165) is 22.0 Å². The molecular formula is C23H18ClN5O. The topological polar surface area (TPSA) is 94.7 Å². The van der Waals surface area contributed by atoms with Gasteiger partial charge in [-0.1, -0.05) is 23.7 Å². The number of hydrogen-bond acceptors (Lipinski definition) is 6. The zero-order valence-corrected chi connectivity index (χ0v) is 17.1. The zero-order valence-electron chi connectivity index (χ0n) is 16.4. The van der Waals surface area contributed by atoms with E-state index >= 15 is 0 Å². The summed E-state index contributed by atoms with van der Waals surface area (Å²) in [4.78, 5) is 4.22. The number of aromatic nitrogens is 3. The van der Waals surface area contributed by atoms with Crippen LogP contribution in [-0.4, -0.2) is 20.3 Å². The molecule has 0 saturated heterocycles. The Morgan fingerprint density at radius 2 is 1.80 bits per heavy atom. The van der Waals surface area contributed by atoms with Crippen LogP contribution in [0.1, 0.15) is 19.4 Å². The molecule has 0 fully saturated rings. The van der Waals surface area contributed by atoms with Crippen molar-refractivity contribution in [3.8, 4) is 23.1 Å². The first-order valence-corrected chi connectivity index (χ1v) is 9.65. The van der Waals surface area contributed by atoms with Crippen molar-refractivity contribution in [2.75, 3.05) is 5.32 Å². The number of nitrogens with zero attached hydrogens (tertiary/aromatic N) is 4. The van der Waals surface area contributed by atoms with Crippen LogP contribution < -0.4 is 5.32 Å². The van der Waals surface area contributed by atoms with E-state index < -0.39 is 5.41 Å². The first-order chi connectivity index (χ1) is 14.4. The lowest BCUT2D eigenvalue weighted by Gasteiger charge is -2.16. The number of rotatable bonds is 4. The summed E-state index contributed by atoms with van der Waals surface area (Å²) in [6.45, 7) is 3.76. The Balaban J connectivity index is 1.74. The fourth-order valence-corrected chi connectivity index (χ4v) is 3.33. The lowest BCUT2D eigenvalue weighted by Crippen LogP contribution is -2.13. The minimum absolute atomic E-state index is 0.0336. The maximum absolute atomic E-state index is 10.3. The molecule has 2 aromatic carbocycles. The highest BCUT2D eigenvalue weighted by molar-refractivity contribution is 6.30. The van der Waals surface area contributed by atoms with Gasteiger partial charge in [0.2, 0.25) is 0 Å². The zero-order chi connectivity index (χ0) is 21.3. The Morgan fingerprint density at radius 1 is 1.03 bits per heavy atom. The van der Waals surface area contributed by atoms with Gasteiger partial charge >= 0.3 is 0 Å². The summed E-state index contributed by atoms with van der Waals surface area (Å²) in [6.07, 6.45) is 3.37. The number of fused-ring (bicyclic) bond motifs is 1. The van der Waals surface area contributed by atoms with E-state index in [0.29, 0.717) is 22.1 Å². The molecule has 148 valence electrons. The summed E-state index contributed by atoms with van der Waals surface area (Å²) in [6, 6.07) is 16.6. The number of nitriles is 1. The fraction of sp³-hybridized carbons (Fsp3) is 0.130. The Labute approximate surface area is 178 Å². The van der Waals surface area contributed by atoms with Crippen molar-refractivity contribution in [2.45, 2.75) is 19.3 Å². The fourth-order valence-electron chi connectivity index (χ4n) is 3.17.